The lowest BCUT2D eigenvalue weighted by Gasteiger charge is -2.26. The predicted octanol–water partition coefficient (Wildman–Crippen LogP) is 6.07. The predicted molar refractivity (Wildman–Crippen MR) is 172 cm³/mol. The Labute approximate surface area is 269 Å². The van der Waals surface area contributed by atoms with Crippen molar-refractivity contribution in [2.75, 3.05) is 13.7 Å². The molecule has 0 amide bonds. The van der Waals surface area contributed by atoms with Gasteiger partial charge in [-0.25, -0.2) is 14.6 Å². The molecule has 0 unspecified atom stereocenters. The zero-order chi connectivity index (χ0) is 32.2. The maximum absolute atomic E-state index is 14.1. The van der Waals surface area contributed by atoms with Crippen LogP contribution >= 0.6 is 22.9 Å². The fraction of sp³-hybridized carbons (Fsp3) is 0.294. The highest BCUT2D eigenvalue weighted by atomic mass is 35.5. The van der Waals surface area contributed by atoms with E-state index in [1.165, 1.54) is 15.9 Å². The minimum absolute atomic E-state index is 0.176. The van der Waals surface area contributed by atoms with Crippen LogP contribution in [-0.4, -0.2) is 36.3 Å². The van der Waals surface area contributed by atoms with Gasteiger partial charge < -0.3 is 18.6 Å². The highest BCUT2D eigenvalue weighted by Gasteiger charge is 2.36. The van der Waals surface area contributed by atoms with Crippen LogP contribution in [0.4, 0.5) is 0 Å². The topological polar surface area (TPSA) is 109 Å². The van der Waals surface area contributed by atoms with Crippen LogP contribution in [-0.2, 0) is 14.3 Å². The van der Waals surface area contributed by atoms with Crippen molar-refractivity contribution in [3.63, 3.8) is 0 Å². The summed E-state index contributed by atoms with van der Waals surface area (Å²) in [6, 6.07) is 14.7. The number of furan rings is 1. The number of thiazole rings is 1. The van der Waals surface area contributed by atoms with Gasteiger partial charge in [0, 0.05) is 22.2 Å². The molecule has 0 radical (unpaired) electrons. The van der Waals surface area contributed by atoms with Gasteiger partial charge in [-0.2, -0.15) is 0 Å². The first kappa shape index (κ1) is 32.0. The molecule has 0 bridgehead atoms. The molecule has 234 valence electrons. The molecule has 1 aliphatic heterocycles. The monoisotopic (exact) mass is 648 g/mol. The van der Waals surface area contributed by atoms with Gasteiger partial charge in [0.2, 0.25) is 0 Å². The molecule has 0 N–H and O–H groups in total. The third kappa shape index (κ3) is 6.53. The lowest BCUT2D eigenvalue weighted by Crippen LogP contribution is -2.40. The van der Waals surface area contributed by atoms with E-state index in [2.05, 4.69) is 0 Å². The number of allylic oxidation sites excluding steroid dienone is 1. The van der Waals surface area contributed by atoms with Gasteiger partial charge in [0.15, 0.2) is 4.80 Å². The zero-order valence-corrected chi connectivity index (χ0v) is 27.2. The van der Waals surface area contributed by atoms with Gasteiger partial charge in [0.1, 0.15) is 23.3 Å². The summed E-state index contributed by atoms with van der Waals surface area (Å²) < 4.78 is 24.5. The van der Waals surface area contributed by atoms with E-state index in [0.29, 0.717) is 66.0 Å². The van der Waals surface area contributed by atoms with Gasteiger partial charge in [0.25, 0.3) is 5.56 Å². The second-order valence-electron chi connectivity index (χ2n) is 10.5. The minimum Gasteiger partial charge on any atom is -0.496 e. The molecular weight excluding hydrogens is 616 g/mol. The molecule has 0 spiro atoms. The fourth-order valence-corrected chi connectivity index (χ4v) is 6.36. The summed E-state index contributed by atoms with van der Waals surface area (Å²) in [7, 11) is 1.55. The third-order valence-corrected chi connectivity index (χ3v) is 8.25. The van der Waals surface area contributed by atoms with Crippen molar-refractivity contribution in [2.45, 2.75) is 52.7 Å². The second-order valence-corrected chi connectivity index (χ2v) is 11.9. The van der Waals surface area contributed by atoms with E-state index in [1.54, 1.807) is 70.4 Å². The normalized spacial score (nSPS) is 14.7. The number of halogens is 1. The fourth-order valence-electron chi connectivity index (χ4n) is 5.19. The summed E-state index contributed by atoms with van der Waals surface area (Å²) >= 11 is 7.46. The molecule has 0 saturated carbocycles. The Kier molecular flexibility index (Phi) is 9.74. The number of fused-ring (bicyclic) bond motifs is 1. The number of ether oxygens (including phenoxy) is 3. The summed E-state index contributed by atoms with van der Waals surface area (Å²) in [5, 5.41) is 0.425. The standard InChI is InChI=1S/C34H33ClN2O7S/c1-6-10-25-29(33(40)42-7-2)30(23-11-8-9-12-26(23)41-5)37-31(38)28(45-34(37)36-25)18-21-14-16-27(44-21)24-17-20(35)13-15-22(24)32(39)43-19(3)4/h8-9,11-19,30H,6-7,10H2,1-5H3/b28-18+/t30-/m0/s1. The van der Waals surface area contributed by atoms with Crippen molar-refractivity contribution in [2.24, 2.45) is 4.99 Å². The van der Waals surface area contributed by atoms with Crippen molar-refractivity contribution >= 4 is 41.0 Å². The molecule has 2 aromatic carbocycles. The average Bonchev–Trinajstić information content (AvgIpc) is 3.60. The number of hydrogen-bond donors (Lipinski definition) is 0. The van der Waals surface area contributed by atoms with Crippen LogP contribution in [0.3, 0.4) is 0 Å². The van der Waals surface area contributed by atoms with Gasteiger partial charge in [-0.3, -0.25) is 9.36 Å². The van der Waals surface area contributed by atoms with Crippen LogP contribution in [0.1, 0.15) is 68.3 Å². The summed E-state index contributed by atoms with van der Waals surface area (Å²) in [5.74, 6) is 0.263. The quantitative estimate of drug-likeness (QED) is 0.192. The molecule has 4 aromatic rings. The summed E-state index contributed by atoms with van der Waals surface area (Å²) in [6.07, 6.45) is 2.58. The van der Waals surface area contributed by atoms with Crippen molar-refractivity contribution in [3.8, 4) is 17.1 Å². The molecule has 1 atom stereocenters. The summed E-state index contributed by atoms with van der Waals surface area (Å²) in [5.41, 5.74) is 1.94. The van der Waals surface area contributed by atoms with Crippen LogP contribution in [0.15, 0.2) is 80.1 Å². The first-order valence-corrected chi connectivity index (χ1v) is 15.8. The smallest absolute Gasteiger partial charge is 0.339 e. The number of carbonyl (C=O) groups excluding carboxylic acids is 2. The Morgan fingerprint density at radius 3 is 2.60 bits per heavy atom. The molecular formula is C34H33ClN2O7S. The van der Waals surface area contributed by atoms with Crippen LogP contribution in [0.25, 0.3) is 17.4 Å². The zero-order valence-electron chi connectivity index (χ0n) is 25.6. The Bertz CT molecular complexity index is 1970. The van der Waals surface area contributed by atoms with Crippen molar-refractivity contribution < 1.29 is 28.2 Å². The van der Waals surface area contributed by atoms with E-state index in [-0.39, 0.29) is 18.3 Å². The van der Waals surface area contributed by atoms with E-state index < -0.39 is 18.0 Å². The SMILES string of the molecule is CCCC1=C(C(=O)OCC)[C@H](c2ccccc2OC)n2c(s/c(=C/c3ccc(-c4cc(Cl)ccc4C(=O)OC(C)C)o3)c2=O)=N1. The number of rotatable bonds is 10. The van der Waals surface area contributed by atoms with E-state index in [1.807, 2.05) is 25.1 Å². The van der Waals surface area contributed by atoms with Crippen LogP contribution in [0.2, 0.25) is 5.02 Å². The van der Waals surface area contributed by atoms with E-state index in [9.17, 15) is 14.4 Å². The summed E-state index contributed by atoms with van der Waals surface area (Å²) in [4.78, 5) is 45.6. The van der Waals surface area contributed by atoms with Crippen LogP contribution < -0.4 is 19.6 Å². The largest absolute Gasteiger partial charge is 0.496 e. The Balaban J connectivity index is 1.66. The van der Waals surface area contributed by atoms with Crippen LogP contribution in [0, 0.1) is 0 Å². The number of aromatic nitrogens is 1. The third-order valence-electron chi connectivity index (χ3n) is 7.04. The first-order chi connectivity index (χ1) is 21.7. The van der Waals surface area contributed by atoms with Gasteiger partial charge in [-0.05, 0) is 63.6 Å². The number of para-hydroxylation sites is 1. The Morgan fingerprint density at radius 1 is 1.11 bits per heavy atom. The van der Waals surface area contributed by atoms with Crippen molar-refractivity contribution in [3.05, 3.63) is 107 Å². The number of benzene rings is 2. The molecule has 1 aliphatic rings. The Hall–Kier alpha value is -4.41. The van der Waals surface area contributed by atoms with Crippen molar-refractivity contribution in [1.29, 1.82) is 0 Å². The van der Waals surface area contributed by atoms with E-state index >= 15 is 0 Å². The van der Waals surface area contributed by atoms with Gasteiger partial charge in [0.05, 0.1) is 41.2 Å². The van der Waals surface area contributed by atoms with Gasteiger partial charge >= 0.3 is 11.9 Å². The minimum atomic E-state index is -0.812. The second kappa shape index (κ2) is 13.7. The number of nitrogens with zero attached hydrogens (tertiary/aromatic N) is 2. The molecule has 5 rings (SSSR count). The maximum Gasteiger partial charge on any atom is 0.339 e. The van der Waals surface area contributed by atoms with Crippen molar-refractivity contribution in [1.82, 2.24) is 4.57 Å². The Morgan fingerprint density at radius 2 is 1.89 bits per heavy atom. The molecule has 11 heteroatoms. The number of carbonyl (C=O) groups is 2. The molecule has 0 aliphatic carbocycles. The van der Waals surface area contributed by atoms with E-state index in [0.717, 1.165) is 6.42 Å². The molecule has 0 saturated heterocycles. The lowest BCUT2D eigenvalue weighted by atomic mass is 9.93. The van der Waals surface area contributed by atoms with Gasteiger partial charge in [-0.1, -0.05) is 54.5 Å². The molecule has 45 heavy (non-hydrogen) atoms. The summed E-state index contributed by atoms with van der Waals surface area (Å²) in [6.45, 7) is 7.46. The molecule has 9 nitrogen and oxygen atoms in total. The number of esters is 2. The number of hydrogen-bond acceptors (Lipinski definition) is 9. The molecule has 3 heterocycles. The molecule has 2 aromatic heterocycles. The van der Waals surface area contributed by atoms with Gasteiger partial charge in [-0.15, -0.1) is 0 Å². The number of methoxy groups -OCH3 is 1. The molecule has 0 fully saturated rings. The highest BCUT2D eigenvalue weighted by Crippen LogP contribution is 2.37. The average molecular weight is 649 g/mol. The van der Waals surface area contributed by atoms with E-state index in [4.69, 9.17) is 35.2 Å². The maximum atomic E-state index is 14.1. The van der Waals surface area contributed by atoms with Crippen LogP contribution in [0.5, 0.6) is 5.75 Å². The lowest BCUT2D eigenvalue weighted by molar-refractivity contribution is -0.139. The first-order valence-electron chi connectivity index (χ1n) is 14.6. The highest BCUT2D eigenvalue weighted by molar-refractivity contribution is 7.07.